The molecule has 3 heteroatoms. The van der Waals surface area contributed by atoms with Gasteiger partial charge in [-0.05, 0) is 25.7 Å². The summed E-state index contributed by atoms with van der Waals surface area (Å²) in [6, 6.07) is 0.564. The highest BCUT2D eigenvalue weighted by molar-refractivity contribution is 5.25. The summed E-state index contributed by atoms with van der Waals surface area (Å²) in [5.41, 5.74) is 2.69. The highest BCUT2D eigenvalue weighted by atomic mass is 15.3. The zero-order valence-electron chi connectivity index (χ0n) is 10.0. The Morgan fingerprint density at radius 1 is 1.75 bits per heavy atom. The van der Waals surface area contributed by atoms with Gasteiger partial charge in [0.15, 0.2) is 0 Å². The number of hydrogen-bond acceptors (Lipinski definition) is 2. The van der Waals surface area contributed by atoms with Gasteiger partial charge in [-0.3, -0.25) is 10.00 Å². The molecule has 1 heterocycles. The summed E-state index contributed by atoms with van der Waals surface area (Å²) < 4.78 is 1.99. The number of hydrogen-bond donors (Lipinski definition) is 1. The van der Waals surface area contributed by atoms with Gasteiger partial charge in [0.05, 0.1) is 12.2 Å². The number of fused-ring (bicyclic) bond motifs is 1. The third-order valence-electron chi connectivity index (χ3n) is 3.39. The maximum atomic E-state index is 5.49. The number of terminal acetylenes is 1. The Kier molecular flexibility index (Phi) is 3.31. The fourth-order valence-corrected chi connectivity index (χ4v) is 2.41. The first-order valence-electron chi connectivity index (χ1n) is 5.99. The molecule has 0 aromatic carbocycles. The molecule has 1 aromatic rings. The van der Waals surface area contributed by atoms with Gasteiger partial charge >= 0.3 is 0 Å². The van der Waals surface area contributed by atoms with Gasteiger partial charge in [0, 0.05) is 24.3 Å². The SMILES string of the molecule is C#CC(CC)NC1CCCc2c1cnn2C. The van der Waals surface area contributed by atoms with Crippen molar-refractivity contribution in [3.8, 4) is 12.3 Å². The molecule has 1 aliphatic carbocycles. The van der Waals surface area contributed by atoms with Crippen LogP contribution >= 0.6 is 0 Å². The molecule has 0 saturated carbocycles. The molecule has 3 nitrogen and oxygen atoms in total. The second-order valence-corrected chi connectivity index (χ2v) is 4.41. The van der Waals surface area contributed by atoms with Crippen molar-refractivity contribution in [1.29, 1.82) is 0 Å². The van der Waals surface area contributed by atoms with Gasteiger partial charge in [0.1, 0.15) is 0 Å². The van der Waals surface area contributed by atoms with E-state index in [4.69, 9.17) is 6.42 Å². The molecule has 2 unspecified atom stereocenters. The van der Waals surface area contributed by atoms with E-state index in [1.165, 1.54) is 17.7 Å². The maximum Gasteiger partial charge on any atom is 0.0689 e. The Labute approximate surface area is 97.2 Å². The largest absolute Gasteiger partial charge is 0.297 e. The van der Waals surface area contributed by atoms with Crippen LogP contribution in [-0.2, 0) is 13.5 Å². The van der Waals surface area contributed by atoms with Crippen molar-refractivity contribution in [3.05, 3.63) is 17.5 Å². The molecular weight excluding hydrogens is 198 g/mol. The zero-order valence-corrected chi connectivity index (χ0v) is 10.0. The Morgan fingerprint density at radius 2 is 2.56 bits per heavy atom. The predicted octanol–water partition coefficient (Wildman–Crippen LogP) is 1.80. The first kappa shape index (κ1) is 11.2. The third kappa shape index (κ3) is 1.98. The van der Waals surface area contributed by atoms with Crippen molar-refractivity contribution in [2.45, 2.75) is 44.7 Å². The fraction of sp³-hybridized carbons (Fsp3) is 0.615. The Bertz CT molecular complexity index is 400. The second-order valence-electron chi connectivity index (χ2n) is 4.41. The number of rotatable bonds is 3. The van der Waals surface area contributed by atoms with Gasteiger partial charge in [0.25, 0.3) is 0 Å². The van der Waals surface area contributed by atoms with Crippen LogP contribution in [-0.4, -0.2) is 15.8 Å². The van der Waals surface area contributed by atoms with Crippen LogP contribution in [0.4, 0.5) is 0 Å². The van der Waals surface area contributed by atoms with Crippen molar-refractivity contribution in [2.24, 2.45) is 7.05 Å². The van der Waals surface area contributed by atoms with E-state index in [0.29, 0.717) is 6.04 Å². The minimum absolute atomic E-state index is 0.177. The van der Waals surface area contributed by atoms with Crippen molar-refractivity contribution < 1.29 is 0 Å². The van der Waals surface area contributed by atoms with Crippen molar-refractivity contribution >= 4 is 0 Å². The predicted molar refractivity (Wildman–Crippen MR) is 64.9 cm³/mol. The summed E-state index contributed by atoms with van der Waals surface area (Å²) in [6.45, 7) is 2.12. The van der Waals surface area contributed by atoms with Crippen LogP contribution in [0.1, 0.15) is 43.5 Å². The Hall–Kier alpha value is -1.27. The topological polar surface area (TPSA) is 29.9 Å². The summed E-state index contributed by atoms with van der Waals surface area (Å²) in [5.74, 6) is 2.80. The van der Waals surface area contributed by atoms with Gasteiger partial charge in [-0.2, -0.15) is 5.10 Å². The van der Waals surface area contributed by atoms with E-state index >= 15 is 0 Å². The van der Waals surface area contributed by atoms with Crippen LogP contribution in [0.15, 0.2) is 6.20 Å². The van der Waals surface area contributed by atoms with Crippen LogP contribution in [0.25, 0.3) is 0 Å². The van der Waals surface area contributed by atoms with Gasteiger partial charge in [0.2, 0.25) is 0 Å². The van der Waals surface area contributed by atoms with Crippen molar-refractivity contribution in [2.75, 3.05) is 0 Å². The Balaban J connectivity index is 2.16. The molecule has 2 rings (SSSR count). The lowest BCUT2D eigenvalue weighted by Gasteiger charge is -2.26. The molecule has 16 heavy (non-hydrogen) atoms. The molecule has 0 spiro atoms. The molecule has 0 bridgehead atoms. The van der Waals surface area contributed by atoms with Crippen LogP contribution in [0.2, 0.25) is 0 Å². The molecule has 2 atom stereocenters. The van der Waals surface area contributed by atoms with Crippen LogP contribution < -0.4 is 5.32 Å². The van der Waals surface area contributed by atoms with Gasteiger partial charge in [-0.25, -0.2) is 0 Å². The molecule has 1 aliphatic rings. The molecule has 1 aromatic heterocycles. The van der Waals surface area contributed by atoms with Crippen LogP contribution in [0.3, 0.4) is 0 Å². The third-order valence-corrected chi connectivity index (χ3v) is 3.39. The van der Waals surface area contributed by atoms with E-state index in [-0.39, 0.29) is 6.04 Å². The number of nitrogens with one attached hydrogen (secondary N) is 1. The maximum absolute atomic E-state index is 5.49. The smallest absolute Gasteiger partial charge is 0.0689 e. The minimum Gasteiger partial charge on any atom is -0.297 e. The van der Waals surface area contributed by atoms with Crippen molar-refractivity contribution in [1.82, 2.24) is 15.1 Å². The molecule has 0 aliphatic heterocycles. The summed E-state index contributed by atoms with van der Waals surface area (Å²) >= 11 is 0. The highest BCUT2D eigenvalue weighted by Crippen LogP contribution is 2.29. The van der Waals surface area contributed by atoms with Crippen LogP contribution in [0, 0.1) is 12.3 Å². The monoisotopic (exact) mass is 217 g/mol. The van der Waals surface area contributed by atoms with E-state index < -0.39 is 0 Å². The summed E-state index contributed by atoms with van der Waals surface area (Å²) in [6.07, 6.45) is 12.0. The van der Waals surface area contributed by atoms with E-state index in [9.17, 15) is 0 Å². The average Bonchev–Trinajstić information content (AvgIpc) is 2.69. The lowest BCUT2D eigenvalue weighted by molar-refractivity contribution is 0.423. The highest BCUT2D eigenvalue weighted by Gasteiger charge is 2.24. The minimum atomic E-state index is 0.177. The van der Waals surface area contributed by atoms with E-state index in [1.54, 1.807) is 0 Å². The first-order valence-corrected chi connectivity index (χ1v) is 5.99. The summed E-state index contributed by atoms with van der Waals surface area (Å²) in [5, 5.41) is 7.87. The van der Waals surface area contributed by atoms with E-state index in [0.717, 1.165) is 19.3 Å². The standard InChI is InChI=1S/C13H19N3/c1-4-10(5-2)15-12-7-6-8-13-11(12)9-14-16(13)3/h1,9-10,12,15H,5-8H2,2-3H3. The second kappa shape index (κ2) is 4.71. The average molecular weight is 217 g/mol. The van der Waals surface area contributed by atoms with Crippen LogP contribution in [0.5, 0.6) is 0 Å². The molecule has 0 amide bonds. The molecule has 0 radical (unpaired) electrons. The molecular formula is C13H19N3. The molecule has 0 saturated heterocycles. The quantitative estimate of drug-likeness (QED) is 0.782. The van der Waals surface area contributed by atoms with Gasteiger partial charge < -0.3 is 0 Å². The summed E-state index contributed by atoms with van der Waals surface area (Å²) in [4.78, 5) is 0. The molecule has 1 N–H and O–H groups in total. The molecule has 86 valence electrons. The number of nitrogens with zero attached hydrogens (tertiary/aromatic N) is 2. The lowest BCUT2D eigenvalue weighted by atomic mass is 9.92. The number of aryl methyl sites for hydroxylation is 1. The zero-order chi connectivity index (χ0) is 11.5. The van der Waals surface area contributed by atoms with Crippen molar-refractivity contribution in [3.63, 3.8) is 0 Å². The lowest BCUT2D eigenvalue weighted by Crippen LogP contribution is -2.33. The van der Waals surface area contributed by atoms with E-state index in [2.05, 4.69) is 23.3 Å². The van der Waals surface area contributed by atoms with Gasteiger partial charge in [-0.15, -0.1) is 6.42 Å². The number of aromatic nitrogens is 2. The fourth-order valence-electron chi connectivity index (χ4n) is 2.41. The normalized spacial score (nSPS) is 21.2. The Morgan fingerprint density at radius 3 is 3.25 bits per heavy atom. The van der Waals surface area contributed by atoms with E-state index in [1.807, 2.05) is 17.9 Å². The summed E-state index contributed by atoms with van der Waals surface area (Å²) in [7, 11) is 2.01. The van der Waals surface area contributed by atoms with Gasteiger partial charge in [-0.1, -0.05) is 12.8 Å². The molecule has 0 fully saturated rings. The first-order chi connectivity index (χ1) is 7.76.